The van der Waals surface area contributed by atoms with Crippen LogP contribution in [0.2, 0.25) is 0 Å². The molecular weight excluding hydrogens is 356 g/mol. The molecule has 0 radical (unpaired) electrons. The molecular formula is C18H20N2O5S. The minimum absolute atomic E-state index is 0.235. The van der Waals surface area contributed by atoms with Crippen LogP contribution in [-0.2, 0) is 9.59 Å². The number of likely N-dealkylation sites (tertiary alicyclic amines) is 1. The van der Waals surface area contributed by atoms with E-state index in [0.29, 0.717) is 16.4 Å². The smallest absolute Gasteiger partial charge is 0.341 e. The Morgan fingerprint density at radius 2 is 2.08 bits per heavy atom. The number of amidine groups is 1. The van der Waals surface area contributed by atoms with Crippen molar-refractivity contribution in [2.45, 2.75) is 19.3 Å². The van der Waals surface area contributed by atoms with Gasteiger partial charge in [-0.2, -0.15) is 4.99 Å². The lowest BCUT2D eigenvalue weighted by Gasteiger charge is -2.27. The molecule has 2 aliphatic rings. The van der Waals surface area contributed by atoms with Crippen molar-refractivity contribution >= 4 is 34.9 Å². The van der Waals surface area contributed by atoms with E-state index in [0.717, 1.165) is 36.7 Å². The standard InChI is InChI=1S/C18H20N2O5S/c1-24-14-9-12(5-6-13(14)25-11-16(21)22)10-15-17(23)19-18(26-15)20-7-3-2-4-8-20/h5-6,9-10H,2-4,7-8,11H2,1H3,(H,21,22). The van der Waals surface area contributed by atoms with E-state index < -0.39 is 12.6 Å². The molecule has 0 aliphatic carbocycles. The normalized spacial score (nSPS) is 18.8. The average molecular weight is 376 g/mol. The number of ether oxygens (including phenoxy) is 2. The number of thioether (sulfide) groups is 1. The Balaban J connectivity index is 1.73. The number of carboxylic acid groups (broad SMARTS) is 1. The van der Waals surface area contributed by atoms with Crippen LogP contribution >= 0.6 is 11.8 Å². The Labute approximate surface area is 155 Å². The fourth-order valence-corrected chi connectivity index (χ4v) is 3.77. The van der Waals surface area contributed by atoms with Gasteiger partial charge in [0.1, 0.15) is 0 Å². The van der Waals surface area contributed by atoms with Crippen LogP contribution in [0.4, 0.5) is 0 Å². The highest BCUT2D eigenvalue weighted by Gasteiger charge is 2.27. The van der Waals surface area contributed by atoms with E-state index >= 15 is 0 Å². The lowest BCUT2D eigenvalue weighted by molar-refractivity contribution is -0.139. The van der Waals surface area contributed by atoms with Crippen molar-refractivity contribution in [3.8, 4) is 11.5 Å². The second-order valence-electron chi connectivity index (χ2n) is 5.95. The fraction of sp³-hybridized carbons (Fsp3) is 0.389. The summed E-state index contributed by atoms with van der Waals surface area (Å²) >= 11 is 1.39. The Kier molecular flexibility index (Phi) is 5.82. The van der Waals surface area contributed by atoms with Gasteiger partial charge in [0, 0.05) is 13.1 Å². The van der Waals surface area contributed by atoms with Crippen molar-refractivity contribution in [1.29, 1.82) is 0 Å². The number of carbonyl (C=O) groups excluding carboxylic acids is 1. The molecule has 1 fully saturated rings. The maximum Gasteiger partial charge on any atom is 0.341 e. The molecule has 1 aromatic carbocycles. The molecule has 1 N–H and O–H groups in total. The summed E-state index contributed by atoms with van der Waals surface area (Å²) in [5, 5.41) is 9.48. The van der Waals surface area contributed by atoms with Crippen LogP contribution in [0.25, 0.3) is 6.08 Å². The van der Waals surface area contributed by atoms with E-state index in [2.05, 4.69) is 9.89 Å². The van der Waals surface area contributed by atoms with Crippen LogP contribution in [0, 0.1) is 0 Å². The van der Waals surface area contributed by atoms with E-state index in [1.54, 1.807) is 24.3 Å². The molecule has 0 bridgehead atoms. The molecule has 0 unspecified atom stereocenters. The lowest BCUT2D eigenvalue weighted by Crippen LogP contribution is -2.33. The minimum atomic E-state index is -1.06. The van der Waals surface area contributed by atoms with E-state index in [4.69, 9.17) is 14.6 Å². The summed E-state index contributed by atoms with van der Waals surface area (Å²) in [6, 6.07) is 5.08. The quantitative estimate of drug-likeness (QED) is 0.790. The third-order valence-corrected chi connectivity index (χ3v) is 5.12. The average Bonchev–Trinajstić information content (AvgIpc) is 3.01. The maximum absolute atomic E-state index is 12.2. The number of methoxy groups -OCH3 is 1. The zero-order valence-electron chi connectivity index (χ0n) is 14.4. The first-order valence-electron chi connectivity index (χ1n) is 8.37. The van der Waals surface area contributed by atoms with E-state index in [9.17, 15) is 9.59 Å². The van der Waals surface area contributed by atoms with Gasteiger partial charge in [-0.1, -0.05) is 6.07 Å². The third-order valence-electron chi connectivity index (χ3n) is 4.07. The molecule has 138 valence electrons. The molecule has 7 nitrogen and oxygen atoms in total. The number of benzene rings is 1. The predicted octanol–water partition coefficient (Wildman–Crippen LogP) is 2.61. The van der Waals surface area contributed by atoms with Crippen LogP contribution in [0.5, 0.6) is 11.5 Å². The van der Waals surface area contributed by atoms with Crippen LogP contribution in [0.1, 0.15) is 24.8 Å². The van der Waals surface area contributed by atoms with Gasteiger partial charge >= 0.3 is 5.97 Å². The van der Waals surface area contributed by atoms with E-state index in [1.807, 2.05) is 0 Å². The first-order chi connectivity index (χ1) is 12.6. The first-order valence-corrected chi connectivity index (χ1v) is 9.18. The Bertz CT molecular complexity index is 769. The molecule has 1 aromatic rings. The van der Waals surface area contributed by atoms with E-state index in [-0.39, 0.29) is 5.91 Å². The number of hydrogen-bond donors (Lipinski definition) is 1. The van der Waals surface area contributed by atoms with Crippen molar-refractivity contribution in [1.82, 2.24) is 4.90 Å². The summed E-state index contributed by atoms with van der Waals surface area (Å²) in [7, 11) is 1.48. The molecule has 26 heavy (non-hydrogen) atoms. The second kappa shape index (κ2) is 8.27. The molecule has 0 spiro atoms. The number of piperidine rings is 1. The van der Waals surface area contributed by atoms with Gasteiger partial charge < -0.3 is 19.5 Å². The number of rotatable bonds is 5. The largest absolute Gasteiger partial charge is 0.493 e. The zero-order valence-corrected chi connectivity index (χ0v) is 15.3. The van der Waals surface area contributed by atoms with E-state index in [1.165, 1.54) is 25.3 Å². The molecule has 2 aliphatic heterocycles. The minimum Gasteiger partial charge on any atom is -0.493 e. The number of carboxylic acids is 1. The number of aliphatic carboxylic acids is 1. The molecule has 0 saturated carbocycles. The zero-order chi connectivity index (χ0) is 18.5. The Morgan fingerprint density at radius 1 is 1.31 bits per heavy atom. The van der Waals surface area contributed by atoms with Gasteiger partial charge in [-0.05, 0) is 54.8 Å². The highest BCUT2D eigenvalue weighted by molar-refractivity contribution is 8.18. The summed E-state index contributed by atoms with van der Waals surface area (Å²) in [6.45, 7) is 1.43. The van der Waals surface area contributed by atoms with Gasteiger partial charge in [0.25, 0.3) is 5.91 Å². The first kappa shape index (κ1) is 18.3. The lowest BCUT2D eigenvalue weighted by atomic mass is 10.1. The fourth-order valence-electron chi connectivity index (χ4n) is 2.80. The molecule has 1 amide bonds. The van der Waals surface area contributed by atoms with Gasteiger partial charge in [0.2, 0.25) is 0 Å². The topological polar surface area (TPSA) is 88.4 Å². The summed E-state index contributed by atoms with van der Waals surface area (Å²) < 4.78 is 10.4. The maximum atomic E-state index is 12.2. The molecule has 2 heterocycles. The van der Waals surface area contributed by atoms with Crippen molar-refractivity contribution in [3.63, 3.8) is 0 Å². The van der Waals surface area contributed by atoms with Gasteiger partial charge in [-0.3, -0.25) is 4.79 Å². The highest BCUT2D eigenvalue weighted by atomic mass is 32.2. The molecule has 1 saturated heterocycles. The number of carbonyl (C=O) groups is 2. The number of nitrogens with zero attached hydrogens (tertiary/aromatic N) is 2. The number of hydrogen-bond acceptors (Lipinski definition) is 6. The molecule has 0 aromatic heterocycles. The molecule has 0 atom stereocenters. The molecule has 8 heteroatoms. The van der Waals surface area contributed by atoms with Gasteiger partial charge in [-0.15, -0.1) is 0 Å². The highest BCUT2D eigenvalue weighted by Crippen LogP contribution is 2.34. The summed E-state index contributed by atoms with van der Waals surface area (Å²) in [6.07, 6.45) is 5.24. The van der Waals surface area contributed by atoms with Crippen molar-refractivity contribution in [2.75, 3.05) is 26.8 Å². The monoisotopic (exact) mass is 376 g/mol. The molecule has 3 rings (SSSR count). The van der Waals surface area contributed by atoms with Gasteiger partial charge in [-0.25, -0.2) is 4.79 Å². The SMILES string of the molecule is COc1cc(C=C2SC(N3CCCCC3)=NC2=O)ccc1OCC(=O)O. The third kappa shape index (κ3) is 4.37. The van der Waals surface area contributed by atoms with Crippen molar-refractivity contribution < 1.29 is 24.2 Å². The van der Waals surface area contributed by atoms with Crippen LogP contribution in [0.3, 0.4) is 0 Å². The van der Waals surface area contributed by atoms with Crippen molar-refractivity contribution in [3.05, 3.63) is 28.7 Å². The summed E-state index contributed by atoms with van der Waals surface area (Å²) in [5.74, 6) is -0.546. The van der Waals surface area contributed by atoms with Crippen LogP contribution in [0.15, 0.2) is 28.1 Å². The summed E-state index contributed by atoms with van der Waals surface area (Å²) in [5.41, 5.74) is 0.760. The number of amides is 1. The number of aliphatic imine (C=N–C) groups is 1. The Morgan fingerprint density at radius 3 is 2.77 bits per heavy atom. The second-order valence-corrected chi connectivity index (χ2v) is 6.96. The van der Waals surface area contributed by atoms with Gasteiger partial charge in [0.05, 0.1) is 12.0 Å². The summed E-state index contributed by atoms with van der Waals surface area (Å²) in [4.78, 5) is 29.7. The Hall–Kier alpha value is -2.48. The van der Waals surface area contributed by atoms with Crippen LogP contribution in [-0.4, -0.2) is 53.9 Å². The van der Waals surface area contributed by atoms with Gasteiger partial charge in [0.15, 0.2) is 23.3 Å². The van der Waals surface area contributed by atoms with Crippen molar-refractivity contribution in [2.24, 2.45) is 4.99 Å². The van der Waals surface area contributed by atoms with Crippen LogP contribution < -0.4 is 9.47 Å². The predicted molar refractivity (Wildman–Crippen MR) is 99.6 cm³/mol.